The molecule has 0 fully saturated rings. The maximum absolute atomic E-state index is 11.5. The van der Waals surface area contributed by atoms with Crippen LogP contribution in [0.15, 0.2) is 0 Å². The quantitative estimate of drug-likeness (QED) is 0.634. The molecule has 0 aliphatic heterocycles. The molecule has 88 valence electrons. The van der Waals surface area contributed by atoms with Crippen molar-refractivity contribution in [3.8, 4) is 0 Å². The number of amides is 1. The number of carboxylic acids is 1. The number of carboxylic acid groups (broad SMARTS) is 1. The molecule has 0 aliphatic carbocycles. The van der Waals surface area contributed by atoms with Crippen molar-refractivity contribution in [1.82, 2.24) is 5.32 Å². The largest absolute Gasteiger partial charge is 0.481 e. The van der Waals surface area contributed by atoms with E-state index in [9.17, 15) is 9.59 Å². The van der Waals surface area contributed by atoms with E-state index in [1.54, 1.807) is 0 Å². The predicted molar refractivity (Wildman–Crippen MR) is 58.5 cm³/mol. The third-order valence-corrected chi connectivity index (χ3v) is 2.53. The zero-order chi connectivity index (χ0) is 11.8. The highest BCUT2D eigenvalue weighted by atomic mass is 16.4. The van der Waals surface area contributed by atoms with E-state index in [-0.39, 0.29) is 18.2 Å². The van der Waals surface area contributed by atoms with Crippen molar-refractivity contribution in [2.75, 3.05) is 6.54 Å². The number of aliphatic carboxylic acids is 1. The van der Waals surface area contributed by atoms with Gasteiger partial charge in [-0.3, -0.25) is 9.59 Å². The van der Waals surface area contributed by atoms with Crippen molar-refractivity contribution >= 4 is 11.9 Å². The van der Waals surface area contributed by atoms with Crippen LogP contribution in [0.3, 0.4) is 0 Å². The molecule has 0 saturated carbocycles. The van der Waals surface area contributed by atoms with Crippen LogP contribution in [0.5, 0.6) is 0 Å². The molecule has 0 spiro atoms. The van der Waals surface area contributed by atoms with Crippen LogP contribution in [0.2, 0.25) is 0 Å². The van der Waals surface area contributed by atoms with Crippen molar-refractivity contribution in [1.29, 1.82) is 0 Å². The summed E-state index contributed by atoms with van der Waals surface area (Å²) < 4.78 is 0. The first-order chi connectivity index (χ1) is 6.95. The zero-order valence-corrected chi connectivity index (χ0v) is 9.75. The summed E-state index contributed by atoms with van der Waals surface area (Å²) in [6, 6.07) is 0. The van der Waals surface area contributed by atoms with Gasteiger partial charge in [-0.1, -0.05) is 20.8 Å². The number of hydrogen-bond acceptors (Lipinski definition) is 2. The SMILES string of the molecule is CC(C)C(C)C(=O)NCCCCC(=O)O. The van der Waals surface area contributed by atoms with Crippen molar-refractivity contribution in [2.45, 2.75) is 40.0 Å². The van der Waals surface area contributed by atoms with Gasteiger partial charge >= 0.3 is 5.97 Å². The summed E-state index contributed by atoms with van der Waals surface area (Å²) >= 11 is 0. The van der Waals surface area contributed by atoms with Crippen LogP contribution < -0.4 is 5.32 Å². The lowest BCUT2D eigenvalue weighted by Gasteiger charge is -2.14. The fourth-order valence-corrected chi connectivity index (χ4v) is 1.08. The summed E-state index contributed by atoms with van der Waals surface area (Å²) in [7, 11) is 0. The Morgan fingerprint density at radius 1 is 1.20 bits per heavy atom. The molecule has 0 radical (unpaired) electrons. The van der Waals surface area contributed by atoms with Gasteiger partial charge in [-0.25, -0.2) is 0 Å². The number of carbonyl (C=O) groups excluding carboxylic acids is 1. The summed E-state index contributed by atoms with van der Waals surface area (Å²) in [5.74, 6) is -0.370. The van der Waals surface area contributed by atoms with E-state index >= 15 is 0 Å². The Morgan fingerprint density at radius 3 is 2.27 bits per heavy atom. The van der Waals surface area contributed by atoms with Crippen molar-refractivity contribution in [3.63, 3.8) is 0 Å². The number of rotatable bonds is 7. The third-order valence-electron chi connectivity index (χ3n) is 2.53. The molecule has 0 aromatic heterocycles. The molecule has 4 heteroatoms. The molecule has 0 aliphatic rings. The lowest BCUT2D eigenvalue weighted by Crippen LogP contribution is -2.32. The van der Waals surface area contributed by atoms with Gasteiger partial charge in [-0.15, -0.1) is 0 Å². The van der Waals surface area contributed by atoms with Crippen LogP contribution >= 0.6 is 0 Å². The Kier molecular flexibility index (Phi) is 6.75. The van der Waals surface area contributed by atoms with Gasteiger partial charge in [-0.2, -0.15) is 0 Å². The maximum Gasteiger partial charge on any atom is 0.303 e. The standard InChI is InChI=1S/C11H21NO3/c1-8(2)9(3)11(15)12-7-5-4-6-10(13)14/h8-9H,4-7H2,1-3H3,(H,12,15)(H,13,14). The molecule has 1 unspecified atom stereocenters. The molecule has 0 heterocycles. The van der Waals surface area contributed by atoms with Crippen LogP contribution in [0.4, 0.5) is 0 Å². The summed E-state index contributed by atoms with van der Waals surface area (Å²) in [6.07, 6.45) is 1.52. The van der Waals surface area contributed by atoms with Gasteiger partial charge in [0.05, 0.1) is 0 Å². The Balaban J connectivity index is 3.51. The Labute approximate surface area is 91.1 Å². The van der Waals surface area contributed by atoms with Crippen molar-refractivity contribution in [2.24, 2.45) is 11.8 Å². The minimum atomic E-state index is -0.781. The zero-order valence-electron chi connectivity index (χ0n) is 9.75. The first-order valence-electron chi connectivity index (χ1n) is 5.44. The maximum atomic E-state index is 11.5. The van der Waals surface area contributed by atoms with E-state index in [1.807, 2.05) is 20.8 Å². The van der Waals surface area contributed by atoms with Gasteiger partial charge in [0.1, 0.15) is 0 Å². The van der Waals surface area contributed by atoms with Crippen molar-refractivity contribution < 1.29 is 14.7 Å². The number of hydrogen-bond donors (Lipinski definition) is 2. The Hall–Kier alpha value is -1.06. The Morgan fingerprint density at radius 2 is 1.80 bits per heavy atom. The second-order valence-electron chi connectivity index (χ2n) is 4.17. The summed E-state index contributed by atoms with van der Waals surface area (Å²) in [6.45, 7) is 6.49. The monoisotopic (exact) mass is 215 g/mol. The lowest BCUT2D eigenvalue weighted by atomic mass is 9.97. The Bertz CT molecular complexity index is 214. The van der Waals surface area contributed by atoms with E-state index in [4.69, 9.17) is 5.11 Å². The van der Waals surface area contributed by atoms with E-state index in [2.05, 4.69) is 5.32 Å². The van der Waals surface area contributed by atoms with E-state index in [1.165, 1.54) is 0 Å². The summed E-state index contributed by atoms with van der Waals surface area (Å²) in [5, 5.41) is 11.2. The summed E-state index contributed by atoms with van der Waals surface area (Å²) in [4.78, 5) is 21.7. The average Bonchev–Trinajstić information content (AvgIpc) is 2.15. The highest BCUT2D eigenvalue weighted by Gasteiger charge is 2.15. The molecule has 0 bridgehead atoms. The molecule has 1 amide bonds. The molecule has 2 N–H and O–H groups in total. The van der Waals surface area contributed by atoms with Crippen LogP contribution in [-0.4, -0.2) is 23.5 Å². The second kappa shape index (κ2) is 7.26. The molecule has 4 nitrogen and oxygen atoms in total. The van der Waals surface area contributed by atoms with Gasteiger partial charge in [-0.05, 0) is 18.8 Å². The number of nitrogens with one attached hydrogen (secondary N) is 1. The first-order valence-corrected chi connectivity index (χ1v) is 5.44. The highest BCUT2D eigenvalue weighted by Crippen LogP contribution is 2.09. The minimum absolute atomic E-state index is 0.0180. The van der Waals surface area contributed by atoms with Crippen LogP contribution in [-0.2, 0) is 9.59 Å². The van der Waals surface area contributed by atoms with Gasteiger partial charge < -0.3 is 10.4 Å². The van der Waals surface area contributed by atoms with Gasteiger partial charge in [0.25, 0.3) is 0 Å². The van der Waals surface area contributed by atoms with Gasteiger partial charge in [0.15, 0.2) is 0 Å². The van der Waals surface area contributed by atoms with Crippen LogP contribution in [0.1, 0.15) is 40.0 Å². The smallest absolute Gasteiger partial charge is 0.303 e. The van der Waals surface area contributed by atoms with Crippen LogP contribution in [0.25, 0.3) is 0 Å². The van der Waals surface area contributed by atoms with Crippen molar-refractivity contribution in [3.05, 3.63) is 0 Å². The van der Waals surface area contributed by atoms with Gasteiger partial charge in [0.2, 0.25) is 5.91 Å². The molecule has 0 aromatic rings. The summed E-state index contributed by atoms with van der Waals surface area (Å²) in [5.41, 5.74) is 0. The topological polar surface area (TPSA) is 66.4 Å². The second-order valence-corrected chi connectivity index (χ2v) is 4.17. The van der Waals surface area contributed by atoms with Gasteiger partial charge in [0, 0.05) is 18.9 Å². The molecule has 1 atom stereocenters. The third kappa shape index (κ3) is 6.94. The van der Waals surface area contributed by atoms with E-state index < -0.39 is 5.97 Å². The highest BCUT2D eigenvalue weighted by molar-refractivity contribution is 5.78. The van der Waals surface area contributed by atoms with E-state index in [0.717, 1.165) is 6.42 Å². The number of unbranched alkanes of at least 4 members (excludes halogenated alkanes) is 1. The molecule has 0 rings (SSSR count). The van der Waals surface area contributed by atoms with Crippen LogP contribution in [0, 0.1) is 11.8 Å². The molecule has 0 aromatic carbocycles. The predicted octanol–water partition coefficient (Wildman–Crippen LogP) is 1.65. The molecular weight excluding hydrogens is 194 g/mol. The lowest BCUT2D eigenvalue weighted by molar-refractivity contribution is -0.137. The molecular formula is C11H21NO3. The number of carbonyl (C=O) groups is 2. The average molecular weight is 215 g/mol. The molecule has 15 heavy (non-hydrogen) atoms. The minimum Gasteiger partial charge on any atom is -0.481 e. The molecule has 0 saturated heterocycles. The fraction of sp³-hybridized carbons (Fsp3) is 0.818. The normalized spacial score (nSPS) is 12.5. The first kappa shape index (κ1) is 13.9. The van der Waals surface area contributed by atoms with E-state index in [0.29, 0.717) is 18.9 Å². The fourth-order valence-electron chi connectivity index (χ4n) is 1.08.